The molecule has 4 rings (SSSR count). The molecule has 160 valence electrons. The van der Waals surface area contributed by atoms with Crippen LogP contribution in [0.1, 0.15) is 60.9 Å². The highest BCUT2D eigenvalue weighted by molar-refractivity contribution is 7.18. The number of carbonyl (C=O) groups is 1. The molecule has 0 unspecified atom stereocenters. The van der Waals surface area contributed by atoms with Gasteiger partial charge in [0.1, 0.15) is 10.7 Å². The van der Waals surface area contributed by atoms with Crippen LogP contribution in [0.25, 0.3) is 10.2 Å². The summed E-state index contributed by atoms with van der Waals surface area (Å²) in [4.78, 5) is 32.7. The summed E-state index contributed by atoms with van der Waals surface area (Å²) in [6.07, 6.45) is 4.47. The van der Waals surface area contributed by atoms with Gasteiger partial charge in [0.05, 0.1) is 10.4 Å². The van der Waals surface area contributed by atoms with Gasteiger partial charge in [-0.25, -0.2) is 9.66 Å². The van der Waals surface area contributed by atoms with E-state index in [4.69, 9.17) is 11.6 Å². The van der Waals surface area contributed by atoms with Gasteiger partial charge in [-0.1, -0.05) is 32.4 Å². The minimum absolute atomic E-state index is 0.0882. The second kappa shape index (κ2) is 7.50. The first kappa shape index (κ1) is 21.1. The molecular weight excluding hydrogens is 422 g/mol. The zero-order chi connectivity index (χ0) is 21.8. The van der Waals surface area contributed by atoms with E-state index in [0.717, 1.165) is 29.7 Å². The molecule has 0 radical (unpaired) electrons. The number of carbonyl (C=O) groups excluding carboxylic acids is 1. The Labute approximate surface area is 184 Å². The first-order valence-corrected chi connectivity index (χ1v) is 11.4. The number of halogens is 1. The van der Waals surface area contributed by atoms with Gasteiger partial charge in [-0.05, 0) is 50.0 Å². The number of aryl methyl sites for hydroxylation is 3. The third kappa shape index (κ3) is 3.56. The summed E-state index contributed by atoms with van der Waals surface area (Å²) < 4.78 is 2.80. The van der Waals surface area contributed by atoms with Crippen LogP contribution in [0.4, 0.5) is 0 Å². The molecule has 1 aliphatic rings. The van der Waals surface area contributed by atoms with Gasteiger partial charge in [0.2, 0.25) is 0 Å². The average molecular weight is 448 g/mol. The van der Waals surface area contributed by atoms with E-state index in [1.54, 1.807) is 29.1 Å². The van der Waals surface area contributed by atoms with Crippen molar-refractivity contribution < 1.29 is 4.79 Å². The van der Waals surface area contributed by atoms with Crippen LogP contribution in [0.3, 0.4) is 0 Å². The molecule has 1 amide bonds. The minimum Gasteiger partial charge on any atom is -0.271 e. The number of aromatic nitrogens is 4. The van der Waals surface area contributed by atoms with Crippen LogP contribution in [0.2, 0.25) is 5.02 Å². The summed E-state index contributed by atoms with van der Waals surface area (Å²) in [5.74, 6) is 0.477. The summed E-state index contributed by atoms with van der Waals surface area (Å²) >= 11 is 7.75. The van der Waals surface area contributed by atoms with Gasteiger partial charge in [-0.15, -0.1) is 11.3 Å². The molecule has 3 aromatic rings. The van der Waals surface area contributed by atoms with Gasteiger partial charge >= 0.3 is 0 Å². The SMILES string of the molecule is CCn1cc(Cl)c(C(=O)Nn2c(C)nc3sc4c(c3c2=O)CC[C@@H](C(C)(C)C)C4)n1. The molecule has 1 atom stereocenters. The van der Waals surface area contributed by atoms with Crippen LogP contribution >= 0.6 is 22.9 Å². The van der Waals surface area contributed by atoms with E-state index < -0.39 is 5.91 Å². The van der Waals surface area contributed by atoms with Gasteiger partial charge in [0.15, 0.2) is 5.69 Å². The van der Waals surface area contributed by atoms with E-state index in [-0.39, 0.29) is 21.7 Å². The molecule has 30 heavy (non-hydrogen) atoms. The first-order chi connectivity index (χ1) is 14.1. The molecule has 3 heterocycles. The number of rotatable bonds is 3. The number of amides is 1. The Morgan fingerprint density at radius 3 is 2.77 bits per heavy atom. The second-order valence-corrected chi connectivity index (χ2v) is 10.4. The van der Waals surface area contributed by atoms with E-state index in [9.17, 15) is 9.59 Å². The Morgan fingerprint density at radius 2 is 2.13 bits per heavy atom. The largest absolute Gasteiger partial charge is 0.292 e. The molecule has 9 heteroatoms. The normalized spacial score (nSPS) is 16.7. The molecule has 0 bridgehead atoms. The predicted molar refractivity (Wildman–Crippen MR) is 120 cm³/mol. The fourth-order valence-electron chi connectivity index (χ4n) is 4.06. The molecule has 1 N–H and O–H groups in total. The average Bonchev–Trinajstić information content (AvgIpc) is 3.23. The Balaban J connectivity index is 1.73. The van der Waals surface area contributed by atoms with Crippen molar-refractivity contribution in [3.63, 3.8) is 0 Å². The second-order valence-electron chi connectivity index (χ2n) is 8.91. The lowest BCUT2D eigenvalue weighted by molar-refractivity contribution is 0.100. The van der Waals surface area contributed by atoms with Gasteiger partial charge < -0.3 is 0 Å². The maximum absolute atomic E-state index is 13.3. The molecule has 1 aliphatic carbocycles. The van der Waals surface area contributed by atoms with E-state index in [1.165, 1.54) is 9.55 Å². The van der Waals surface area contributed by atoms with Crippen molar-refractivity contribution in [3.05, 3.63) is 43.5 Å². The summed E-state index contributed by atoms with van der Waals surface area (Å²) in [7, 11) is 0. The molecule has 3 aromatic heterocycles. The summed E-state index contributed by atoms with van der Waals surface area (Å²) in [5.41, 5.74) is 3.80. The van der Waals surface area contributed by atoms with E-state index in [1.807, 2.05) is 6.92 Å². The highest BCUT2D eigenvalue weighted by Crippen LogP contribution is 2.42. The molecule has 0 fully saturated rings. The third-order valence-corrected chi connectivity index (χ3v) is 7.37. The number of nitrogens with zero attached hydrogens (tertiary/aromatic N) is 4. The van der Waals surface area contributed by atoms with Crippen molar-refractivity contribution in [2.45, 2.75) is 60.4 Å². The smallest absolute Gasteiger partial charge is 0.271 e. The van der Waals surface area contributed by atoms with E-state index in [0.29, 0.717) is 23.7 Å². The van der Waals surface area contributed by atoms with Crippen molar-refractivity contribution in [1.82, 2.24) is 19.4 Å². The zero-order valence-corrected chi connectivity index (χ0v) is 19.4. The topological polar surface area (TPSA) is 81.8 Å². The van der Waals surface area contributed by atoms with Gasteiger partial charge in [0.25, 0.3) is 11.5 Å². The van der Waals surface area contributed by atoms with Crippen molar-refractivity contribution in [3.8, 4) is 0 Å². The molecule has 0 aliphatic heterocycles. The quantitative estimate of drug-likeness (QED) is 0.653. The van der Waals surface area contributed by atoms with Crippen molar-refractivity contribution in [2.75, 3.05) is 5.43 Å². The Bertz CT molecular complexity index is 1200. The van der Waals surface area contributed by atoms with Gasteiger partial charge in [-0.3, -0.25) is 19.7 Å². The lowest BCUT2D eigenvalue weighted by Gasteiger charge is -2.33. The third-order valence-electron chi connectivity index (χ3n) is 5.94. The Morgan fingerprint density at radius 1 is 1.40 bits per heavy atom. The van der Waals surface area contributed by atoms with Crippen molar-refractivity contribution in [2.24, 2.45) is 11.3 Å². The fraction of sp³-hybridized carbons (Fsp3) is 0.524. The minimum atomic E-state index is -0.532. The van der Waals surface area contributed by atoms with E-state index >= 15 is 0 Å². The molecule has 0 aromatic carbocycles. The maximum Gasteiger partial charge on any atom is 0.292 e. The molecule has 0 spiro atoms. The first-order valence-electron chi connectivity index (χ1n) is 10.2. The molecular formula is C21H26ClN5O2S. The molecule has 0 saturated heterocycles. The van der Waals surface area contributed by atoms with Crippen LogP contribution in [-0.4, -0.2) is 25.3 Å². The van der Waals surface area contributed by atoms with Crippen molar-refractivity contribution >= 4 is 39.1 Å². The Hall–Kier alpha value is -2.19. The molecule has 0 saturated carbocycles. The van der Waals surface area contributed by atoms with Crippen LogP contribution in [0, 0.1) is 18.3 Å². The Kier molecular flexibility index (Phi) is 5.26. The number of fused-ring (bicyclic) bond motifs is 3. The lowest BCUT2D eigenvalue weighted by atomic mass is 9.72. The summed E-state index contributed by atoms with van der Waals surface area (Å²) in [5, 5.41) is 5.05. The predicted octanol–water partition coefficient (Wildman–Crippen LogP) is 4.17. The standard InChI is InChI=1S/C21H26ClN5O2S/c1-6-26-10-14(22)17(24-26)18(28)25-27-11(2)23-19-16(20(27)29)13-8-7-12(21(3,4)5)9-15(13)30-19/h10,12H,6-9H2,1-5H3,(H,25,28)/t12-/m1/s1. The number of thiophene rings is 1. The van der Waals surface area contributed by atoms with Crippen LogP contribution in [0.15, 0.2) is 11.0 Å². The zero-order valence-electron chi connectivity index (χ0n) is 17.9. The summed E-state index contributed by atoms with van der Waals surface area (Å²) in [6.45, 7) is 11.0. The summed E-state index contributed by atoms with van der Waals surface area (Å²) in [6, 6.07) is 0. The van der Waals surface area contributed by atoms with Crippen LogP contribution in [-0.2, 0) is 19.4 Å². The number of hydrogen-bond donors (Lipinski definition) is 1. The monoisotopic (exact) mass is 447 g/mol. The number of nitrogens with one attached hydrogen (secondary N) is 1. The highest BCUT2D eigenvalue weighted by Gasteiger charge is 2.32. The van der Waals surface area contributed by atoms with Crippen LogP contribution < -0.4 is 11.0 Å². The maximum atomic E-state index is 13.3. The molecule has 7 nitrogen and oxygen atoms in total. The van der Waals surface area contributed by atoms with E-state index in [2.05, 4.69) is 36.3 Å². The van der Waals surface area contributed by atoms with Gasteiger partial charge in [-0.2, -0.15) is 5.10 Å². The number of hydrogen-bond acceptors (Lipinski definition) is 5. The van der Waals surface area contributed by atoms with Gasteiger partial charge in [0, 0.05) is 17.6 Å². The fourth-order valence-corrected chi connectivity index (χ4v) is 5.64. The van der Waals surface area contributed by atoms with Crippen molar-refractivity contribution in [1.29, 1.82) is 0 Å². The lowest BCUT2D eigenvalue weighted by Crippen LogP contribution is -2.36. The highest BCUT2D eigenvalue weighted by atomic mass is 35.5. The van der Waals surface area contributed by atoms with Crippen LogP contribution in [0.5, 0.6) is 0 Å².